The second-order valence-electron chi connectivity index (χ2n) is 2.22. The minimum atomic E-state index is -5.08. The van der Waals surface area contributed by atoms with Crippen LogP contribution in [0.15, 0.2) is 24.8 Å². The number of carboxylic acids is 2. The van der Waals surface area contributed by atoms with Crippen LogP contribution in [0.2, 0.25) is 0 Å². The van der Waals surface area contributed by atoms with Crippen molar-refractivity contribution < 1.29 is 33.0 Å². The number of aliphatic carboxylic acids is 2. The summed E-state index contributed by atoms with van der Waals surface area (Å²) in [6.45, 7) is 1.08. The Morgan fingerprint density at radius 2 is 1.18 bits per heavy atom. The zero-order valence-electron chi connectivity index (χ0n) is 8.55. The maximum absolute atomic E-state index is 10.6. The number of carbonyl (C=O) groups is 2. The van der Waals surface area contributed by atoms with E-state index in [0.29, 0.717) is 0 Å². The quantitative estimate of drug-likeness (QED) is 0.721. The molecule has 1 aromatic rings. The number of hydrogen-bond donors (Lipinski definition) is 2. The van der Waals surface area contributed by atoms with E-state index in [0.717, 1.165) is 6.92 Å². The molecule has 0 saturated carbocycles. The molecule has 1 heterocycles. The Morgan fingerprint density at radius 1 is 1.00 bits per heavy atom. The van der Waals surface area contributed by atoms with Crippen molar-refractivity contribution in [3.63, 3.8) is 0 Å². The summed E-state index contributed by atoms with van der Waals surface area (Å²) < 4.78 is 31.7. The van der Waals surface area contributed by atoms with Crippen molar-refractivity contribution in [2.24, 2.45) is 0 Å². The number of halogens is 3. The van der Waals surface area contributed by atoms with E-state index in [4.69, 9.17) is 19.8 Å². The SMILES string of the molecule is CC(=O)O.O=C(O)C(F)(F)F.c1cnccn1. The highest BCUT2D eigenvalue weighted by atomic mass is 19.4. The lowest BCUT2D eigenvalue weighted by Crippen LogP contribution is -2.21. The van der Waals surface area contributed by atoms with Gasteiger partial charge in [0.05, 0.1) is 0 Å². The van der Waals surface area contributed by atoms with E-state index in [9.17, 15) is 13.2 Å². The summed E-state index contributed by atoms with van der Waals surface area (Å²) >= 11 is 0. The van der Waals surface area contributed by atoms with Gasteiger partial charge in [-0.2, -0.15) is 13.2 Å². The van der Waals surface area contributed by atoms with Gasteiger partial charge in [0.25, 0.3) is 5.97 Å². The summed E-state index contributed by atoms with van der Waals surface area (Å²) in [5.41, 5.74) is 0. The van der Waals surface area contributed by atoms with Gasteiger partial charge in [-0.3, -0.25) is 14.8 Å². The summed E-state index contributed by atoms with van der Waals surface area (Å²) in [5.74, 6) is -3.59. The summed E-state index contributed by atoms with van der Waals surface area (Å²) in [6.07, 6.45) is 1.47. The lowest BCUT2D eigenvalue weighted by Gasteiger charge is -1.93. The molecule has 0 bridgehead atoms. The Hall–Kier alpha value is -2.19. The third kappa shape index (κ3) is 20.0. The van der Waals surface area contributed by atoms with Crippen LogP contribution in [0.5, 0.6) is 0 Å². The molecule has 0 amide bonds. The number of aromatic nitrogens is 2. The summed E-state index contributed by atoms with van der Waals surface area (Å²) in [7, 11) is 0. The van der Waals surface area contributed by atoms with Crippen LogP contribution in [0.25, 0.3) is 0 Å². The van der Waals surface area contributed by atoms with Crippen molar-refractivity contribution in [3.8, 4) is 0 Å². The molecule has 2 N–H and O–H groups in total. The molecule has 0 saturated heterocycles. The molecular weight excluding hydrogens is 245 g/mol. The fourth-order valence-electron chi connectivity index (χ4n) is 0.253. The maximum Gasteiger partial charge on any atom is 0.490 e. The normalized spacial score (nSPS) is 8.94. The fraction of sp³-hybridized carbons (Fsp3) is 0.250. The summed E-state index contributed by atoms with van der Waals surface area (Å²) in [4.78, 5) is 25.3. The number of alkyl halides is 3. The smallest absolute Gasteiger partial charge is 0.481 e. The predicted octanol–water partition coefficient (Wildman–Crippen LogP) is 1.20. The van der Waals surface area contributed by atoms with Crippen LogP contribution in [-0.2, 0) is 9.59 Å². The Bertz CT molecular complexity index is 299. The molecule has 0 atom stereocenters. The Morgan fingerprint density at radius 3 is 1.24 bits per heavy atom. The largest absolute Gasteiger partial charge is 0.490 e. The molecule has 0 fully saturated rings. The monoisotopic (exact) mass is 254 g/mol. The number of nitrogens with zero attached hydrogens (tertiary/aromatic N) is 2. The molecule has 0 aliphatic heterocycles. The number of rotatable bonds is 0. The number of hydrogen-bond acceptors (Lipinski definition) is 4. The summed E-state index contributed by atoms with van der Waals surface area (Å²) in [6, 6.07) is 0. The van der Waals surface area contributed by atoms with Crippen LogP contribution in [-0.4, -0.2) is 38.3 Å². The zero-order chi connectivity index (χ0) is 13.9. The Kier molecular flexibility index (Phi) is 9.18. The van der Waals surface area contributed by atoms with Gasteiger partial charge in [-0.05, 0) is 0 Å². The number of carboxylic acid groups (broad SMARTS) is 2. The third-order valence-electron chi connectivity index (χ3n) is 0.720. The lowest BCUT2D eigenvalue weighted by molar-refractivity contribution is -0.192. The van der Waals surface area contributed by atoms with Gasteiger partial charge in [-0.15, -0.1) is 0 Å². The molecule has 0 aliphatic rings. The predicted molar refractivity (Wildman–Crippen MR) is 49.0 cm³/mol. The highest BCUT2D eigenvalue weighted by molar-refractivity contribution is 5.73. The van der Waals surface area contributed by atoms with Gasteiger partial charge in [0.15, 0.2) is 0 Å². The van der Waals surface area contributed by atoms with Gasteiger partial charge in [0, 0.05) is 31.7 Å². The fourth-order valence-corrected chi connectivity index (χ4v) is 0.253. The molecule has 0 spiro atoms. The highest BCUT2D eigenvalue weighted by Crippen LogP contribution is 2.13. The van der Waals surface area contributed by atoms with Crippen LogP contribution >= 0.6 is 0 Å². The molecule has 96 valence electrons. The average molecular weight is 254 g/mol. The Labute approximate surface area is 93.8 Å². The van der Waals surface area contributed by atoms with Crippen molar-refractivity contribution in [3.05, 3.63) is 24.8 Å². The molecule has 1 aromatic heterocycles. The van der Waals surface area contributed by atoms with Crippen molar-refractivity contribution >= 4 is 11.9 Å². The van der Waals surface area contributed by atoms with E-state index in [1.807, 2.05) is 0 Å². The van der Waals surface area contributed by atoms with Crippen molar-refractivity contribution in [1.29, 1.82) is 0 Å². The van der Waals surface area contributed by atoms with Gasteiger partial charge in [-0.1, -0.05) is 0 Å². The van der Waals surface area contributed by atoms with E-state index >= 15 is 0 Å². The molecular formula is C8H9F3N2O4. The summed E-state index contributed by atoms with van der Waals surface area (Å²) in [5, 5.41) is 14.5. The molecule has 0 unspecified atom stereocenters. The lowest BCUT2D eigenvalue weighted by atomic mass is 10.7. The first-order valence-electron chi connectivity index (χ1n) is 3.87. The first-order valence-corrected chi connectivity index (χ1v) is 3.87. The zero-order valence-corrected chi connectivity index (χ0v) is 8.55. The maximum atomic E-state index is 10.6. The van der Waals surface area contributed by atoms with E-state index in [1.165, 1.54) is 0 Å². The highest BCUT2D eigenvalue weighted by Gasteiger charge is 2.38. The van der Waals surface area contributed by atoms with Crippen LogP contribution in [0.3, 0.4) is 0 Å². The van der Waals surface area contributed by atoms with Crippen molar-refractivity contribution in [2.75, 3.05) is 0 Å². The first kappa shape index (κ1) is 17.2. The second-order valence-corrected chi connectivity index (χ2v) is 2.22. The standard InChI is InChI=1S/C4H4N2.C2HF3O2.C2H4O2/c1-2-6-4-3-5-1;3-2(4,5)1(6)7;1-2(3)4/h1-4H;(H,6,7);1H3,(H,3,4). The molecule has 9 heteroatoms. The van der Waals surface area contributed by atoms with Crippen LogP contribution in [0.4, 0.5) is 13.2 Å². The topological polar surface area (TPSA) is 100 Å². The molecule has 1 rings (SSSR count). The molecule has 0 radical (unpaired) electrons. The molecule has 17 heavy (non-hydrogen) atoms. The van der Waals surface area contributed by atoms with Crippen LogP contribution in [0, 0.1) is 0 Å². The molecule has 0 aliphatic carbocycles. The van der Waals surface area contributed by atoms with Crippen molar-refractivity contribution in [1.82, 2.24) is 9.97 Å². The van der Waals surface area contributed by atoms with Gasteiger partial charge in [-0.25, -0.2) is 4.79 Å². The Balaban J connectivity index is 0. The van der Waals surface area contributed by atoms with Gasteiger partial charge in [0.1, 0.15) is 0 Å². The third-order valence-corrected chi connectivity index (χ3v) is 0.720. The minimum absolute atomic E-state index is 0.833. The molecule has 6 nitrogen and oxygen atoms in total. The van der Waals surface area contributed by atoms with Gasteiger partial charge < -0.3 is 10.2 Å². The average Bonchev–Trinajstić information content (AvgIpc) is 2.19. The van der Waals surface area contributed by atoms with E-state index in [2.05, 4.69) is 9.97 Å². The van der Waals surface area contributed by atoms with E-state index in [1.54, 1.807) is 24.8 Å². The van der Waals surface area contributed by atoms with Crippen molar-refractivity contribution in [2.45, 2.75) is 13.1 Å². The van der Waals surface area contributed by atoms with Gasteiger partial charge >= 0.3 is 12.1 Å². The second kappa shape index (κ2) is 9.07. The molecule has 0 aromatic carbocycles. The first-order chi connectivity index (χ1) is 7.68. The van der Waals surface area contributed by atoms with Gasteiger partial charge in [0.2, 0.25) is 0 Å². The van der Waals surface area contributed by atoms with E-state index in [-0.39, 0.29) is 0 Å². The van der Waals surface area contributed by atoms with Crippen LogP contribution < -0.4 is 0 Å². The van der Waals surface area contributed by atoms with E-state index < -0.39 is 18.1 Å². The van der Waals surface area contributed by atoms with Crippen LogP contribution in [0.1, 0.15) is 6.92 Å². The minimum Gasteiger partial charge on any atom is -0.481 e.